The molecule has 22 heavy (non-hydrogen) atoms. The summed E-state index contributed by atoms with van der Waals surface area (Å²) in [6.45, 7) is 2.02. The van der Waals surface area contributed by atoms with E-state index in [-0.39, 0.29) is 24.3 Å². The van der Waals surface area contributed by atoms with Gasteiger partial charge in [-0.1, -0.05) is 12.1 Å². The number of hydrogen-bond acceptors (Lipinski definition) is 4. The molecule has 0 saturated carbocycles. The first-order valence-corrected chi connectivity index (χ1v) is 7.99. The van der Waals surface area contributed by atoms with E-state index in [4.69, 9.17) is 0 Å². The van der Waals surface area contributed by atoms with Crippen molar-refractivity contribution in [3.63, 3.8) is 0 Å². The van der Waals surface area contributed by atoms with E-state index in [9.17, 15) is 9.59 Å². The van der Waals surface area contributed by atoms with Gasteiger partial charge in [-0.15, -0.1) is 11.3 Å². The Kier molecular flexibility index (Phi) is 6.09. The number of rotatable bonds is 7. The molecule has 6 heteroatoms. The van der Waals surface area contributed by atoms with Crippen LogP contribution < -0.4 is 10.6 Å². The topological polar surface area (TPSA) is 71.1 Å². The van der Waals surface area contributed by atoms with Crippen LogP contribution in [0.1, 0.15) is 29.8 Å². The lowest BCUT2D eigenvalue weighted by atomic mass is 10.1. The van der Waals surface area contributed by atoms with Gasteiger partial charge in [0.25, 0.3) is 0 Å². The molecule has 2 rings (SSSR count). The van der Waals surface area contributed by atoms with Gasteiger partial charge in [-0.2, -0.15) is 0 Å². The molecule has 0 aliphatic rings. The zero-order valence-corrected chi connectivity index (χ0v) is 13.2. The Morgan fingerprint density at radius 1 is 1.32 bits per heavy atom. The molecular weight excluding hydrogens is 298 g/mol. The van der Waals surface area contributed by atoms with Crippen molar-refractivity contribution in [2.75, 3.05) is 6.54 Å². The van der Waals surface area contributed by atoms with Gasteiger partial charge in [-0.3, -0.25) is 14.6 Å². The number of hydrogen-bond donors (Lipinski definition) is 2. The van der Waals surface area contributed by atoms with Crippen LogP contribution in [0.3, 0.4) is 0 Å². The molecule has 2 N–H and O–H groups in total. The molecular formula is C16H19N3O2S. The Morgan fingerprint density at radius 2 is 2.18 bits per heavy atom. The molecule has 2 heterocycles. The fraction of sp³-hybridized carbons (Fsp3) is 0.312. The van der Waals surface area contributed by atoms with Crippen molar-refractivity contribution in [1.29, 1.82) is 0 Å². The molecule has 0 aliphatic carbocycles. The Hall–Kier alpha value is -2.21. The molecule has 0 aliphatic heterocycles. The van der Waals surface area contributed by atoms with Crippen molar-refractivity contribution >= 4 is 23.2 Å². The second-order valence-electron chi connectivity index (χ2n) is 4.93. The first-order valence-electron chi connectivity index (χ1n) is 7.11. The second-order valence-corrected chi connectivity index (χ2v) is 5.91. The highest BCUT2D eigenvalue weighted by molar-refractivity contribution is 7.10. The third kappa shape index (κ3) is 5.29. The van der Waals surface area contributed by atoms with Gasteiger partial charge in [0.1, 0.15) is 0 Å². The fourth-order valence-corrected chi connectivity index (χ4v) is 2.89. The van der Waals surface area contributed by atoms with Gasteiger partial charge in [0.2, 0.25) is 11.8 Å². The van der Waals surface area contributed by atoms with E-state index in [2.05, 4.69) is 15.6 Å². The number of carbonyl (C=O) groups excluding carboxylic acids is 2. The van der Waals surface area contributed by atoms with Crippen molar-refractivity contribution in [2.24, 2.45) is 0 Å². The number of amides is 2. The minimum atomic E-state index is -0.268. The molecule has 1 atom stereocenters. The van der Waals surface area contributed by atoms with Crippen molar-refractivity contribution in [3.05, 3.63) is 52.5 Å². The van der Waals surface area contributed by atoms with Crippen molar-refractivity contribution < 1.29 is 9.59 Å². The fourth-order valence-electron chi connectivity index (χ4n) is 2.11. The molecule has 0 aromatic carbocycles. The summed E-state index contributed by atoms with van der Waals surface area (Å²) in [4.78, 5) is 28.4. The van der Waals surface area contributed by atoms with E-state index in [0.717, 1.165) is 16.9 Å². The van der Waals surface area contributed by atoms with Gasteiger partial charge in [-0.25, -0.2) is 0 Å². The number of thiophene rings is 1. The molecule has 2 amide bonds. The zero-order valence-electron chi connectivity index (χ0n) is 12.4. The lowest BCUT2D eigenvalue weighted by molar-refractivity contribution is -0.122. The maximum atomic E-state index is 12.0. The average molecular weight is 317 g/mol. The molecule has 0 fully saturated rings. The van der Waals surface area contributed by atoms with Crippen LogP contribution in [0.25, 0.3) is 0 Å². The smallest absolute Gasteiger partial charge is 0.222 e. The molecule has 5 nitrogen and oxygen atoms in total. The molecule has 0 bridgehead atoms. The summed E-state index contributed by atoms with van der Waals surface area (Å²) < 4.78 is 0. The van der Waals surface area contributed by atoms with Crippen LogP contribution >= 0.6 is 11.3 Å². The van der Waals surface area contributed by atoms with Crippen LogP contribution in [0.5, 0.6) is 0 Å². The third-order valence-corrected chi connectivity index (χ3v) is 4.10. The minimum absolute atomic E-state index is 0.0731. The number of carbonyl (C=O) groups is 2. The van der Waals surface area contributed by atoms with Crippen LogP contribution in [0, 0.1) is 0 Å². The number of aromatic nitrogens is 1. The Labute approximate surface area is 133 Å². The van der Waals surface area contributed by atoms with Crippen LogP contribution in [-0.2, 0) is 16.0 Å². The van der Waals surface area contributed by atoms with Crippen molar-refractivity contribution in [3.8, 4) is 0 Å². The predicted molar refractivity (Wildman–Crippen MR) is 86.4 cm³/mol. The first-order chi connectivity index (χ1) is 10.6. The molecule has 0 radical (unpaired) electrons. The molecule has 0 unspecified atom stereocenters. The number of pyridine rings is 1. The summed E-state index contributed by atoms with van der Waals surface area (Å²) in [6.07, 6.45) is 4.50. The monoisotopic (exact) mass is 317 g/mol. The van der Waals surface area contributed by atoms with E-state index >= 15 is 0 Å². The van der Waals surface area contributed by atoms with Crippen LogP contribution in [0.2, 0.25) is 0 Å². The van der Waals surface area contributed by atoms with Crippen molar-refractivity contribution in [1.82, 2.24) is 15.6 Å². The third-order valence-electron chi connectivity index (χ3n) is 3.11. The zero-order chi connectivity index (χ0) is 15.8. The van der Waals surface area contributed by atoms with E-state index < -0.39 is 0 Å². The van der Waals surface area contributed by atoms with E-state index in [0.29, 0.717) is 6.54 Å². The highest BCUT2D eigenvalue weighted by atomic mass is 32.1. The summed E-state index contributed by atoms with van der Waals surface area (Å²) in [5.74, 6) is -0.211. The molecule has 116 valence electrons. The molecule has 2 aromatic heterocycles. The average Bonchev–Trinajstić information content (AvgIpc) is 3.01. The van der Waals surface area contributed by atoms with Crippen LogP contribution in [0.4, 0.5) is 0 Å². The summed E-state index contributed by atoms with van der Waals surface area (Å²) in [5, 5.41) is 7.64. The van der Waals surface area contributed by atoms with Gasteiger partial charge in [0.05, 0.1) is 12.5 Å². The second kappa shape index (κ2) is 8.29. The van der Waals surface area contributed by atoms with Gasteiger partial charge in [-0.05, 0) is 29.5 Å². The minimum Gasteiger partial charge on any atom is -0.356 e. The maximum absolute atomic E-state index is 12.0. The Bertz CT molecular complexity index is 599. The molecule has 0 saturated heterocycles. The largest absolute Gasteiger partial charge is 0.356 e. The lowest BCUT2D eigenvalue weighted by Gasteiger charge is -2.16. The standard InChI is InChI=1S/C16H19N3O2S/c1-12(20)19-14(15-5-3-9-22-15)10-16(21)18-8-6-13-4-2-7-17-11-13/h2-5,7,9,11,14H,6,8,10H2,1H3,(H,18,21)(H,19,20)/t14-/m1/s1. The number of nitrogens with zero attached hydrogens (tertiary/aromatic N) is 1. The summed E-state index contributed by atoms with van der Waals surface area (Å²) in [6, 6.07) is 7.42. The maximum Gasteiger partial charge on any atom is 0.222 e. The Morgan fingerprint density at radius 3 is 2.82 bits per heavy atom. The van der Waals surface area contributed by atoms with Gasteiger partial charge < -0.3 is 10.6 Å². The van der Waals surface area contributed by atoms with Crippen LogP contribution in [-0.4, -0.2) is 23.3 Å². The van der Waals surface area contributed by atoms with E-state index in [1.807, 2.05) is 29.6 Å². The van der Waals surface area contributed by atoms with Gasteiger partial charge in [0.15, 0.2) is 0 Å². The quantitative estimate of drug-likeness (QED) is 0.821. The SMILES string of the molecule is CC(=O)N[C@H](CC(=O)NCCc1cccnc1)c1cccs1. The highest BCUT2D eigenvalue weighted by Crippen LogP contribution is 2.21. The van der Waals surface area contributed by atoms with Crippen molar-refractivity contribution in [2.45, 2.75) is 25.8 Å². The van der Waals surface area contributed by atoms with Gasteiger partial charge in [0, 0.05) is 30.7 Å². The summed E-state index contributed by atoms with van der Waals surface area (Å²) >= 11 is 1.53. The normalized spacial score (nSPS) is 11.7. The van der Waals surface area contributed by atoms with Crippen LogP contribution in [0.15, 0.2) is 42.0 Å². The number of nitrogens with one attached hydrogen (secondary N) is 2. The lowest BCUT2D eigenvalue weighted by Crippen LogP contribution is -2.33. The molecule has 0 spiro atoms. The first kappa shape index (κ1) is 16.2. The van der Waals surface area contributed by atoms with E-state index in [1.165, 1.54) is 18.3 Å². The van der Waals surface area contributed by atoms with E-state index in [1.54, 1.807) is 12.4 Å². The Balaban J connectivity index is 1.82. The van der Waals surface area contributed by atoms with Gasteiger partial charge >= 0.3 is 0 Å². The highest BCUT2D eigenvalue weighted by Gasteiger charge is 2.17. The summed E-state index contributed by atoms with van der Waals surface area (Å²) in [5.41, 5.74) is 1.08. The molecule has 2 aromatic rings. The predicted octanol–water partition coefficient (Wildman–Crippen LogP) is 2.07. The summed E-state index contributed by atoms with van der Waals surface area (Å²) in [7, 11) is 0.